The highest BCUT2D eigenvalue weighted by molar-refractivity contribution is 7.09. The minimum atomic E-state index is -0.574. The molecule has 3 aromatic rings. The Bertz CT molecular complexity index is 1040. The molecule has 30 heavy (non-hydrogen) atoms. The first-order valence-electron chi connectivity index (χ1n) is 8.71. The van der Waals surface area contributed by atoms with Crippen LogP contribution in [0.4, 0.5) is 4.39 Å². The van der Waals surface area contributed by atoms with Crippen LogP contribution in [0.2, 0.25) is 5.02 Å². The highest BCUT2D eigenvalue weighted by atomic mass is 35.5. The summed E-state index contributed by atoms with van der Waals surface area (Å²) in [5.41, 5.74) is 5.49. The van der Waals surface area contributed by atoms with Gasteiger partial charge in [0.25, 0.3) is 11.8 Å². The summed E-state index contributed by atoms with van der Waals surface area (Å²) in [7, 11) is 0. The van der Waals surface area contributed by atoms with Gasteiger partial charge >= 0.3 is 0 Å². The van der Waals surface area contributed by atoms with E-state index in [0.717, 1.165) is 5.56 Å². The van der Waals surface area contributed by atoms with Gasteiger partial charge in [-0.05, 0) is 55.0 Å². The highest BCUT2D eigenvalue weighted by Crippen LogP contribution is 2.21. The number of thiazole rings is 1. The third-order valence-electron chi connectivity index (χ3n) is 3.78. The molecule has 0 saturated heterocycles. The first-order chi connectivity index (χ1) is 14.4. The van der Waals surface area contributed by atoms with Crippen molar-refractivity contribution in [2.24, 2.45) is 0 Å². The van der Waals surface area contributed by atoms with E-state index in [1.54, 1.807) is 18.2 Å². The van der Waals surface area contributed by atoms with E-state index in [9.17, 15) is 14.0 Å². The Morgan fingerprint density at radius 2 is 1.83 bits per heavy atom. The molecular formula is C20H17ClFN3O4S. The number of hydrogen-bond donors (Lipinski definition) is 2. The zero-order valence-corrected chi connectivity index (χ0v) is 17.3. The maximum Gasteiger partial charge on any atom is 0.289 e. The maximum atomic E-state index is 12.9. The number of ether oxygens (including phenoxy) is 2. The molecule has 0 bridgehead atoms. The van der Waals surface area contributed by atoms with Crippen LogP contribution in [0.25, 0.3) is 0 Å². The van der Waals surface area contributed by atoms with Gasteiger partial charge in [0.15, 0.2) is 6.61 Å². The Hall–Kier alpha value is -3.17. The van der Waals surface area contributed by atoms with E-state index >= 15 is 0 Å². The molecule has 0 atom stereocenters. The summed E-state index contributed by atoms with van der Waals surface area (Å²) in [6.07, 6.45) is 0. The summed E-state index contributed by atoms with van der Waals surface area (Å²) in [5.74, 6) is -0.489. The molecular weight excluding hydrogens is 433 g/mol. The Morgan fingerprint density at radius 3 is 2.57 bits per heavy atom. The predicted molar refractivity (Wildman–Crippen MR) is 110 cm³/mol. The Balaban J connectivity index is 1.42. The monoisotopic (exact) mass is 449 g/mol. The molecule has 0 aliphatic rings. The maximum absolute atomic E-state index is 12.9. The van der Waals surface area contributed by atoms with E-state index in [0.29, 0.717) is 21.5 Å². The molecule has 2 aromatic carbocycles. The van der Waals surface area contributed by atoms with Crippen LogP contribution in [0.1, 0.15) is 21.1 Å². The van der Waals surface area contributed by atoms with Crippen LogP contribution in [0.3, 0.4) is 0 Å². The lowest BCUT2D eigenvalue weighted by atomic mass is 10.2. The summed E-state index contributed by atoms with van der Waals surface area (Å²) in [6.45, 7) is 1.67. The standard InChI is InChI=1S/C20H17ClFN3O4S/c1-12-8-15(6-7-16(12)21)28-9-18(26)24-25-20(27)17-11-30-19(23-17)10-29-14-4-2-13(22)3-5-14/h2-8,11H,9-10H2,1H3,(H,24,26)(H,25,27). The molecule has 0 unspecified atom stereocenters. The zero-order chi connectivity index (χ0) is 21.5. The average molecular weight is 450 g/mol. The Morgan fingerprint density at radius 1 is 1.10 bits per heavy atom. The first kappa shape index (κ1) is 21.5. The van der Waals surface area contributed by atoms with E-state index in [-0.39, 0.29) is 24.7 Å². The summed E-state index contributed by atoms with van der Waals surface area (Å²) in [6, 6.07) is 10.6. The molecule has 0 aliphatic carbocycles. The van der Waals surface area contributed by atoms with Gasteiger partial charge in [-0.3, -0.25) is 20.4 Å². The van der Waals surface area contributed by atoms with E-state index < -0.39 is 11.8 Å². The van der Waals surface area contributed by atoms with Crippen molar-refractivity contribution in [1.82, 2.24) is 15.8 Å². The lowest BCUT2D eigenvalue weighted by Crippen LogP contribution is -2.44. The number of aromatic nitrogens is 1. The topological polar surface area (TPSA) is 89.6 Å². The van der Waals surface area contributed by atoms with Crippen molar-refractivity contribution >= 4 is 34.8 Å². The Kier molecular flexibility index (Phi) is 7.21. The molecule has 3 rings (SSSR count). The SMILES string of the molecule is Cc1cc(OCC(=O)NNC(=O)c2csc(COc3ccc(F)cc3)n2)ccc1Cl. The number of nitrogens with one attached hydrogen (secondary N) is 2. The molecule has 0 fully saturated rings. The smallest absolute Gasteiger partial charge is 0.289 e. The second-order valence-corrected chi connectivity index (χ2v) is 7.42. The van der Waals surface area contributed by atoms with Crippen LogP contribution in [0.15, 0.2) is 47.8 Å². The number of amides is 2. The van der Waals surface area contributed by atoms with Crippen LogP contribution >= 0.6 is 22.9 Å². The molecule has 10 heteroatoms. The fourth-order valence-electron chi connectivity index (χ4n) is 2.24. The number of halogens is 2. The molecule has 0 saturated carbocycles. The molecule has 0 aliphatic heterocycles. The molecule has 2 N–H and O–H groups in total. The first-order valence-corrected chi connectivity index (χ1v) is 9.97. The fourth-order valence-corrected chi connectivity index (χ4v) is 3.04. The van der Waals surface area contributed by atoms with Gasteiger partial charge in [0.05, 0.1) is 0 Å². The van der Waals surface area contributed by atoms with Crippen LogP contribution in [-0.2, 0) is 11.4 Å². The third kappa shape index (κ3) is 6.16. The lowest BCUT2D eigenvalue weighted by molar-refractivity contribution is -0.123. The minimum absolute atomic E-state index is 0.129. The normalized spacial score (nSPS) is 10.4. The summed E-state index contributed by atoms with van der Waals surface area (Å²) >= 11 is 7.16. The van der Waals surface area contributed by atoms with Gasteiger partial charge < -0.3 is 9.47 Å². The lowest BCUT2D eigenvalue weighted by Gasteiger charge is -2.09. The number of hydrazine groups is 1. The fraction of sp³-hybridized carbons (Fsp3) is 0.150. The second-order valence-electron chi connectivity index (χ2n) is 6.07. The van der Waals surface area contributed by atoms with E-state index in [1.807, 2.05) is 6.92 Å². The van der Waals surface area contributed by atoms with Crippen molar-refractivity contribution in [3.05, 3.63) is 74.9 Å². The molecule has 7 nitrogen and oxygen atoms in total. The average Bonchev–Trinajstić information content (AvgIpc) is 3.21. The number of aryl methyl sites for hydroxylation is 1. The molecule has 156 valence electrons. The van der Waals surface area contributed by atoms with Gasteiger partial charge in [-0.15, -0.1) is 11.3 Å². The van der Waals surface area contributed by atoms with Crippen molar-refractivity contribution in [1.29, 1.82) is 0 Å². The van der Waals surface area contributed by atoms with Gasteiger partial charge in [-0.25, -0.2) is 9.37 Å². The van der Waals surface area contributed by atoms with Crippen LogP contribution in [0.5, 0.6) is 11.5 Å². The van der Waals surface area contributed by atoms with E-state index in [4.69, 9.17) is 21.1 Å². The van der Waals surface area contributed by atoms with Crippen molar-refractivity contribution in [2.75, 3.05) is 6.61 Å². The van der Waals surface area contributed by atoms with Gasteiger partial charge in [0, 0.05) is 10.4 Å². The summed E-state index contributed by atoms with van der Waals surface area (Å²) in [4.78, 5) is 28.1. The summed E-state index contributed by atoms with van der Waals surface area (Å²) in [5, 5.41) is 2.69. The number of hydrogen-bond acceptors (Lipinski definition) is 6. The predicted octanol–water partition coefficient (Wildman–Crippen LogP) is 3.66. The number of benzene rings is 2. The number of rotatable bonds is 7. The number of nitrogens with zero attached hydrogens (tertiary/aromatic N) is 1. The van der Waals surface area contributed by atoms with Gasteiger partial charge in [0.1, 0.15) is 34.6 Å². The van der Waals surface area contributed by atoms with Crippen LogP contribution < -0.4 is 20.3 Å². The van der Waals surface area contributed by atoms with Crippen molar-refractivity contribution in [3.63, 3.8) is 0 Å². The van der Waals surface area contributed by atoms with Crippen molar-refractivity contribution < 1.29 is 23.5 Å². The highest BCUT2D eigenvalue weighted by Gasteiger charge is 2.13. The quantitative estimate of drug-likeness (QED) is 0.537. The molecule has 0 spiro atoms. The third-order valence-corrected chi connectivity index (χ3v) is 5.02. The van der Waals surface area contributed by atoms with Gasteiger partial charge in [-0.1, -0.05) is 11.6 Å². The van der Waals surface area contributed by atoms with Gasteiger partial charge in [0.2, 0.25) is 0 Å². The van der Waals surface area contributed by atoms with Crippen LogP contribution in [-0.4, -0.2) is 23.4 Å². The molecule has 1 heterocycles. The van der Waals surface area contributed by atoms with E-state index in [2.05, 4.69) is 15.8 Å². The zero-order valence-electron chi connectivity index (χ0n) is 15.8. The number of carbonyl (C=O) groups excluding carboxylic acids is 2. The van der Waals surface area contributed by atoms with Crippen molar-refractivity contribution in [3.8, 4) is 11.5 Å². The largest absolute Gasteiger partial charge is 0.486 e. The van der Waals surface area contributed by atoms with E-state index in [1.165, 1.54) is 41.0 Å². The van der Waals surface area contributed by atoms with Gasteiger partial charge in [-0.2, -0.15) is 0 Å². The molecule has 2 amide bonds. The van der Waals surface area contributed by atoms with Crippen LogP contribution in [0, 0.1) is 12.7 Å². The Labute approximate surface area is 180 Å². The molecule has 0 radical (unpaired) electrons. The minimum Gasteiger partial charge on any atom is -0.486 e. The number of carbonyl (C=O) groups is 2. The second kappa shape index (κ2) is 10.0. The van der Waals surface area contributed by atoms with Crippen molar-refractivity contribution in [2.45, 2.75) is 13.5 Å². The molecule has 1 aromatic heterocycles. The summed E-state index contributed by atoms with van der Waals surface area (Å²) < 4.78 is 23.7.